The first-order chi connectivity index (χ1) is 12.2. The van der Waals surface area contributed by atoms with Crippen LogP contribution in [0.25, 0.3) is 0 Å². The van der Waals surface area contributed by atoms with Gasteiger partial charge in [-0.25, -0.2) is 4.79 Å². The first-order valence-electron chi connectivity index (χ1n) is 9.25. The van der Waals surface area contributed by atoms with Gasteiger partial charge in [0.25, 0.3) is 0 Å². The maximum Gasteiger partial charge on any atom is 0.408 e. The Morgan fingerprint density at radius 3 is 2.58 bits per heavy atom. The van der Waals surface area contributed by atoms with E-state index in [0.717, 1.165) is 19.0 Å². The van der Waals surface area contributed by atoms with Gasteiger partial charge in [0.15, 0.2) is 0 Å². The molecule has 0 aliphatic carbocycles. The Morgan fingerprint density at radius 1 is 1.31 bits per heavy atom. The molecule has 2 rings (SSSR count). The number of likely N-dealkylation sites (tertiary alicyclic amines) is 1. The van der Waals surface area contributed by atoms with E-state index in [1.54, 1.807) is 32.1 Å². The number of amides is 2. The van der Waals surface area contributed by atoms with Crippen LogP contribution in [0.4, 0.5) is 4.79 Å². The summed E-state index contributed by atoms with van der Waals surface area (Å²) in [6, 6.07) is 4.36. The Balaban J connectivity index is 1.83. The van der Waals surface area contributed by atoms with Crippen molar-refractivity contribution in [2.75, 3.05) is 26.2 Å². The summed E-state index contributed by atoms with van der Waals surface area (Å²) in [5.74, 6) is 0.561. The first-order valence-corrected chi connectivity index (χ1v) is 10.1. The number of hydrogen-bond acceptors (Lipinski definition) is 5. The number of piperidine rings is 1. The fraction of sp³-hybridized carbons (Fsp3) is 0.684. The van der Waals surface area contributed by atoms with Gasteiger partial charge in [0.05, 0.1) is 12.6 Å². The molecule has 2 heterocycles. The molecule has 6 nitrogen and oxygen atoms in total. The highest BCUT2D eigenvalue weighted by atomic mass is 32.1. The molecule has 1 aliphatic rings. The lowest BCUT2D eigenvalue weighted by molar-refractivity contribution is -0.120. The molecular weight excluding hydrogens is 350 g/mol. The lowest BCUT2D eigenvalue weighted by Crippen LogP contribution is -2.44. The van der Waals surface area contributed by atoms with E-state index in [1.165, 1.54) is 17.7 Å². The molecule has 1 atom stereocenters. The molecule has 1 fully saturated rings. The molecule has 0 aromatic carbocycles. The number of carbonyl (C=O) groups excluding carboxylic acids is 2. The average Bonchev–Trinajstić information content (AvgIpc) is 3.07. The summed E-state index contributed by atoms with van der Waals surface area (Å²) < 4.78 is 5.14. The van der Waals surface area contributed by atoms with Gasteiger partial charge in [-0.2, -0.15) is 0 Å². The molecule has 0 saturated carbocycles. The second-order valence-corrected chi connectivity index (χ2v) is 8.89. The molecule has 7 heteroatoms. The SMILES string of the molecule is CC1CCN([C@@H](CNC(=O)CNC(=O)OC(C)(C)C)c2cccs2)CC1. The minimum Gasteiger partial charge on any atom is -0.444 e. The third kappa shape index (κ3) is 6.96. The standard InChI is InChI=1S/C19H31N3O3S/c1-14-7-9-22(10-8-14)15(16-6-5-11-26-16)12-20-17(23)13-21-18(24)25-19(2,3)4/h5-6,11,14-15H,7-10,12-13H2,1-4H3,(H,20,23)(H,21,24)/t15-/m0/s1. The number of thiophene rings is 1. The van der Waals surface area contributed by atoms with Crippen LogP contribution in [0.5, 0.6) is 0 Å². The highest BCUT2D eigenvalue weighted by Gasteiger charge is 2.26. The summed E-state index contributed by atoms with van der Waals surface area (Å²) in [5, 5.41) is 7.52. The molecular formula is C19H31N3O3S. The van der Waals surface area contributed by atoms with Crippen molar-refractivity contribution in [2.45, 2.75) is 52.2 Å². The zero-order chi connectivity index (χ0) is 19.2. The highest BCUT2D eigenvalue weighted by molar-refractivity contribution is 7.10. The quantitative estimate of drug-likeness (QED) is 0.794. The molecule has 146 valence electrons. The van der Waals surface area contributed by atoms with E-state index >= 15 is 0 Å². The van der Waals surface area contributed by atoms with Crippen molar-refractivity contribution in [2.24, 2.45) is 5.92 Å². The van der Waals surface area contributed by atoms with Crippen LogP contribution in [-0.2, 0) is 9.53 Å². The van der Waals surface area contributed by atoms with E-state index in [-0.39, 0.29) is 18.5 Å². The zero-order valence-corrected chi connectivity index (χ0v) is 17.0. The van der Waals surface area contributed by atoms with E-state index in [4.69, 9.17) is 4.74 Å². The van der Waals surface area contributed by atoms with E-state index in [0.29, 0.717) is 6.54 Å². The van der Waals surface area contributed by atoms with Crippen LogP contribution in [0.3, 0.4) is 0 Å². The second kappa shape index (κ2) is 9.37. The topological polar surface area (TPSA) is 70.7 Å². The van der Waals surface area contributed by atoms with Crippen molar-refractivity contribution < 1.29 is 14.3 Å². The van der Waals surface area contributed by atoms with Crippen LogP contribution < -0.4 is 10.6 Å². The lowest BCUT2D eigenvalue weighted by atomic mass is 9.97. The molecule has 26 heavy (non-hydrogen) atoms. The molecule has 2 N–H and O–H groups in total. The molecule has 2 amide bonds. The molecule has 1 saturated heterocycles. The van der Waals surface area contributed by atoms with Gasteiger partial charge in [0.1, 0.15) is 5.60 Å². The molecule has 0 unspecified atom stereocenters. The minimum absolute atomic E-state index is 0.0803. The third-order valence-electron chi connectivity index (χ3n) is 4.42. The summed E-state index contributed by atoms with van der Waals surface area (Å²) in [7, 11) is 0. The maximum atomic E-state index is 12.1. The Morgan fingerprint density at radius 2 is 2.00 bits per heavy atom. The Hall–Kier alpha value is -1.60. The molecule has 0 radical (unpaired) electrons. The number of ether oxygens (including phenoxy) is 1. The molecule has 0 spiro atoms. The van der Waals surface area contributed by atoms with Gasteiger partial charge in [-0.1, -0.05) is 13.0 Å². The monoisotopic (exact) mass is 381 g/mol. The highest BCUT2D eigenvalue weighted by Crippen LogP contribution is 2.28. The van der Waals surface area contributed by atoms with Gasteiger partial charge < -0.3 is 15.4 Å². The van der Waals surface area contributed by atoms with Crippen LogP contribution in [0.15, 0.2) is 17.5 Å². The van der Waals surface area contributed by atoms with Crippen LogP contribution in [-0.4, -0.2) is 48.7 Å². The first kappa shape index (κ1) is 20.7. The van der Waals surface area contributed by atoms with Crippen molar-refractivity contribution in [3.05, 3.63) is 22.4 Å². The molecule has 0 bridgehead atoms. The Kier molecular flexibility index (Phi) is 7.46. The van der Waals surface area contributed by atoms with Crippen LogP contribution in [0.2, 0.25) is 0 Å². The number of nitrogens with zero attached hydrogens (tertiary/aromatic N) is 1. The Bertz CT molecular complexity index is 575. The van der Waals surface area contributed by atoms with Crippen molar-refractivity contribution in [1.29, 1.82) is 0 Å². The predicted octanol–water partition coefficient (Wildman–Crippen LogP) is 3.16. The predicted molar refractivity (Wildman–Crippen MR) is 104 cm³/mol. The van der Waals surface area contributed by atoms with Gasteiger partial charge >= 0.3 is 6.09 Å². The normalized spacial score (nSPS) is 17.5. The van der Waals surface area contributed by atoms with Crippen LogP contribution >= 0.6 is 11.3 Å². The fourth-order valence-corrected chi connectivity index (χ4v) is 3.83. The average molecular weight is 382 g/mol. The fourth-order valence-electron chi connectivity index (χ4n) is 2.97. The van der Waals surface area contributed by atoms with Gasteiger partial charge in [0.2, 0.25) is 5.91 Å². The summed E-state index contributed by atoms with van der Waals surface area (Å²) in [5.41, 5.74) is -0.573. The van der Waals surface area contributed by atoms with Crippen molar-refractivity contribution in [1.82, 2.24) is 15.5 Å². The second-order valence-electron chi connectivity index (χ2n) is 7.91. The smallest absolute Gasteiger partial charge is 0.408 e. The number of hydrogen-bond donors (Lipinski definition) is 2. The van der Waals surface area contributed by atoms with Gasteiger partial charge in [0, 0.05) is 11.4 Å². The van der Waals surface area contributed by atoms with Gasteiger partial charge in [-0.3, -0.25) is 9.69 Å². The summed E-state index contributed by atoms with van der Waals surface area (Å²) in [6.07, 6.45) is 1.80. The number of nitrogens with one attached hydrogen (secondary N) is 2. The van der Waals surface area contributed by atoms with E-state index in [9.17, 15) is 9.59 Å². The number of alkyl carbamates (subject to hydrolysis) is 1. The number of rotatable bonds is 6. The minimum atomic E-state index is -0.576. The lowest BCUT2D eigenvalue weighted by Gasteiger charge is -2.36. The van der Waals surface area contributed by atoms with Gasteiger partial charge in [-0.15, -0.1) is 11.3 Å². The van der Waals surface area contributed by atoms with Crippen LogP contribution in [0.1, 0.15) is 51.5 Å². The van der Waals surface area contributed by atoms with E-state index in [1.807, 2.05) is 6.07 Å². The van der Waals surface area contributed by atoms with Crippen molar-refractivity contribution >= 4 is 23.3 Å². The van der Waals surface area contributed by atoms with Crippen molar-refractivity contribution in [3.8, 4) is 0 Å². The molecule has 1 aliphatic heterocycles. The summed E-state index contributed by atoms with van der Waals surface area (Å²) >= 11 is 1.72. The largest absolute Gasteiger partial charge is 0.444 e. The van der Waals surface area contributed by atoms with Crippen LogP contribution in [0, 0.1) is 5.92 Å². The van der Waals surface area contributed by atoms with Crippen molar-refractivity contribution in [3.63, 3.8) is 0 Å². The summed E-state index contributed by atoms with van der Waals surface area (Å²) in [6.45, 7) is 10.2. The number of carbonyl (C=O) groups is 2. The van der Waals surface area contributed by atoms with Gasteiger partial charge in [-0.05, 0) is 64.1 Å². The molecule has 1 aromatic heterocycles. The van der Waals surface area contributed by atoms with E-state index < -0.39 is 11.7 Å². The maximum absolute atomic E-state index is 12.1. The molecule has 1 aromatic rings. The zero-order valence-electron chi connectivity index (χ0n) is 16.2. The third-order valence-corrected chi connectivity index (χ3v) is 5.39. The summed E-state index contributed by atoms with van der Waals surface area (Å²) in [4.78, 5) is 27.5. The Labute approximate surface area is 160 Å². The van der Waals surface area contributed by atoms with E-state index in [2.05, 4.69) is 33.9 Å².